The molecule has 3 aliphatic heterocycles. The second-order valence-electron chi connectivity index (χ2n) is 21.0. The largest absolute Gasteiger partial charge is 0.456 e. The summed E-state index contributed by atoms with van der Waals surface area (Å²) in [6.45, 7) is 4.25. The lowest BCUT2D eigenvalue weighted by Gasteiger charge is -2.41. The smallest absolute Gasteiger partial charge is 0.143 e. The first-order valence-corrected chi connectivity index (χ1v) is 26.7. The number of benzene rings is 9. The molecule has 1 aromatic heterocycles. The molecular weight excluding hydrogens is 943 g/mol. The van der Waals surface area contributed by atoms with Gasteiger partial charge in [-0.3, -0.25) is 5.32 Å². The van der Waals surface area contributed by atoms with Gasteiger partial charge in [0.15, 0.2) is 0 Å². The Kier molecular flexibility index (Phi) is 10.5. The standard InChI is InChI=1S/C70H53N5O2/c1-42-27-31-44(32-28-42)59-41-60(72-66(71-59)47-33-29-43(2)30-34-47)52-20-14-26-63-64(52)54-39-48(36-38-61(54)76-63)49-35-37-51-50-19-9-10-22-55(50)70(58(51)40-49)56-23-11-12-25-62(56)77-65-53(21-13-24-57(65)70)69-74-67(45-15-5-3-6-16-45)73-68(75-69)46-17-7-4-8-18-46/h3-38,40-41,48,59,67-68,73H,39H2,1-2H3,(H,71,72)(H,74,75). The molecular formula is C70H53N5O2. The van der Waals surface area contributed by atoms with Crippen LogP contribution in [0.4, 0.5) is 0 Å². The van der Waals surface area contributed by atoms with Crippen LogP contribution in [0.2, 0.25) is 0 Å². The van der Waals surface area contributed by atoms with Crippen molar-refractivity contribution in [2.24, 2.45) is 9.98 Å². The zero-order valence-electron chi connectivity index (χ0n) is 42.7. The number of allylic oxidation sites excluding steroid dienone is 1. The second kappa shape index (κ2) is 17.9. The third-order valence-electron chi connectivity index (χ3n) is 16.4. The Balaban J connectivity index is 0.859. The third-order valence-corrected chi connectivity index (χ3v) is 16.4. The number of nitrogens with one attached hydrogen (secondary N) is 3. The number of aliphatic imine (C=N–C) groups is 2. The van der Waals surface area contributed by atoms with E-state index in [9.17, 15) is 0 Å². The summed E-state index contributed by atoms with van der Waals surface area (Å²) in [6, 6.07) is 76.2. The van der Waals surface area contributed by atoms with Gasteiger partial charge in [0.2, 0.25) is 0 Å². The molecule has 9 aromatic carbocycles. The van der Waals surface area contributed by atoms with Crippen LogP contribution in [-0.2, 0) is 11.8 Å². The molecule has 0 bridgehead atoms. The SMILES string of the molecule is Cc1ccc(C2=NC(c3cccc4oc5c(c34)CC(c3ccc4c(c3)C3(c6ccccc6Oc6c(C7=NC(c8ccccc8)NC(c8ccccc8)N7)cccc63)c3ccccc3-4)C=C5)=CC(c3ccc(C)cc3)N2)cc1. The maximum Gasteiger partial charge on any atom is 0.143 e. The quantitative estimate of drug-likeness (QED) is 0.148. The number of fused-ring (bicyclic) bond motifs is 12. The summed E-state index contributed by atoms with van der Waals surface area (Å²) >= 11 is 0. The van der Waals surface area contributed by atoms with Crippen molar-refractivity contribution in [2.75, 3.05) is 0 Å². The lowest BCUT2D eigenvalue weighted by molar-refractivity contribution is 0.405. The molecule has 0 fully saturated rings. The zero-order valence-corrected chi connectivity index (χ0v) is 42.7. The molecule has 1 spiro atoms. The molecule has 7 nitrogen and oxygen atoms in total. The molecule has 4 heterocycles. The van der Waals surface area contributed by atoms with Crippen LogP contribution in [-0.4, -0.2) is 11.7 Å². The van der Waals surface area contributed by atoms with Crippen LogP contribution in [0.1, 0.15) is 108 Å². The van der Waals surface area contributed by atoms with Gasteiger partial charge < -0.3 is 19.8 Å². The highest BCUT2D eigenvalue weighted by atomic mass is 16.5. The van der Waals surface area contributed by atoms with Crippen molar-refractivity contribution < 1.29 is 9.15 Å². The zero-order chi connectivity index (χ0) is 51.2. The molecule has 10 aromatic rings. The summed E-state index contributed by atoms with van der Waals surface area (Å²) in [6.07, 6.45) is 7.08. The highest BCUT2D eigenvalue weighted by Crippen LogP contribution is 2.63. The Morgan fingerprint density at radius 2 is 1.19 bits per heavy atom. The number of ether oxygens (including phenoxy) is 1. The fourth-order valence-electron chi connectivity index (χ4n) is 12.7. The van der Waals surface area contributed by atoms with Gasteiger partial charge in [0, 0.05) is 39.1 Å². The predicted molar refractivity (Wildman–Crippen MR) is 309 cm³/mol. The van der Waals surface area contributed by atoms with Crippen LogP contribution < -0.4 is 20.7 Å². The van der Waals surface area contributed by atoms with Gasteiger partial charge >= 0.3 is 0 Å². The average Bonchev–Trinajstić information content (AvgIpc) is 4.06. The Hall–Kier alpha value is -9.30. The Bertz CT molecular complexity index is 4120. The van der Waals surface area contributed by atoms with E-state index in [1.165, 1.54) is 50.1 Å². The van der Waals surface area contributed by atoms with E-state index in [4.69, 9.17) is 19.1 Å². The summed E-state index contributed by atoms with van der Waals surface area (Å²) in [7, 11) is 0. The maximum atomic E-state index is 7.23. The molecule has 5 atom stereocenters. The molecule has 0 radical (unpaired) electrons. The first kappa shape index (κ1) is 45.1. The van der Waals surface area contributed by atoms with Gasteiger partial charge in [0.1, 0.15) is 46.8 Å². The van der Waals surface area contributed by atoms with Gasteiger partial charge in [-0.1, -0.05) is 211 Å². The molecule has 5 aliphatic rings. The number of aryl methyl sites for hydroxylation is 2. The normalized spacial score (nSPS) is 20.5. The van der Waals surface area contributed by atoms with Gasteiger partial charge in [0.05, 0.1) is 22.7 Å². The van der Waals surface area contributed by atoms with Crippen LogP contribution in [0.25, 0.3) is 33.9 Å². The van der Waals surface area contributed by atoms with Crippen molar-refractivity contribution in [1.29, 1.82) is 0 Å². The molecule has 3 N–H and O–H groups in total. The average molecular weight is 996 g/mol. The van der Waals surface area contributed by atoms with Crippen LogP contribution in [0.15, 0.2) is 239 Å². The van der Waals surface area contributed by atoms with E-state index in [-0.39, 0.29) is 24.3 Å². The van der Waals surface area contributed by atoms with Crippen molar-refractivity contribution in [2.45, 2.75) is 50.0 Å². The van der Waals surface area contributed by atoms with E-state index in [2.05, 4.69) is 260 Å². The monoisotopic (exact) mass is 995 g/mol. The molecule has 370 valence electrons. The predicted octanol–water partition coefficient (Wildman–Crippen LogP) is 15.3. The lowest BCUT2D eigenvalue weighted by Crippen LogP contribution is -2.45. The molecule has 0 amide bonds. The summed E-state index contributed by atoms with van der Waals surface area (Å²) in [5.41, 5.74) is 19.5. The first-order valence-electron chi connectivity index (χ1n) is 26.7. The number of furan rings is 1. The second-order valence-corrected chi connectivity index (χ2v) is 21.0. The van der Waals surface area contributed by atoms with Crippen LogP contribution in [0.5, 0.6) is 11.5 Å². The van der Waals surface area contributed by atoms with E-state index >= 15 is 0 Å². The molecule has 0 saturated heterocycles. The molecule has 15 rings (SSSR count). The lowest BCUT2D eigenvalue weighted by atomic mass is 9.65. The third kappa shape index (κ3) is 7.37. The van der Waals surface area contributed by atoms with Crippen molar-refractivity contribution in [3.8, 4) is 22.6 Å². The Labute approximate surface area is 448 Å². The highest BCUT2D eigenvalue weighted by molar-refractivity contribution is 6.06. The van der Waals surface area contributed by atoms with E-state index in [0.717, 1.165) is 91.0 Å². The van der Waals surface area contributed by atoms with Gasteiger partial charge in [-0.2, -0.15) is 0 Å². The van der Waals surface area contributed by atoms with Gasteiger partial charge in [-0.15, -0.1) is 0 Å². The number of amidine groups is 2. The minimum atomic E-state index is -0.699. The topological polar surface area (TPSA) is 83.2 Å². The van der Waals surface area contributed by atoms with Crippen molar-refractivity contribution in [3.05, 3.63) is 308 Å². The fourth-order valence-corrected chi connectivity index (χ4v) is 12.7. The van der Waals surface area contributed by atoms with E-state index in [0.29, 0.717) is 0 Å². The number of rotatable bonds is 7. The Morgan fingerprint density at radius 3 is 2.01 bits per heavy atom. The number of hydrogen-bond acceptors (Lipinski definition) is 7. The van der Waals surface area contributed by atoms with Crippen LogP contribution in [0, 0.1) is 13.8 Å². The minimum absolute atomic E-state index is 0.0652. The molecule has 5 unspecified atom stereocenters. The number of nitrogens with zero attached hydrogens (tertiary/aromatic N) is 2. The van der Waals surface area contributed by atoms with E-state index in [1.807, 2.05) is 0 Å². The van der Waals surface area contributed by atoms with Crippen LogP contribution >= 0.6 is 0 Å². The number of para-hydroxylation sites is 2. The van der Waals surface area contributed by atoms with Gasteiger partial charge in [0.25, 0.3) is 0 Å². The van der Waals surface area contributed by atoms with Gasteiger partial charge in [-0.05, 0) is 95.1 Å². The van der Waals surface area contributed by atoms with E-state index < -0.39 is 5.41 Å². The van der Waals surface area contributed by atoms with E-state index in [1.54, 1.807) is 0 Å². The summed E-state index contributed by atoms with van der Waals surface area (Å²) in [5.74, 6) is 4.23. The number of hydrogen-bond donors (Lipinski definition) is 3. The Morgan fingerprint density at radius 1 is 0.532 bits per heavy atom. The van der Waals surface area contributed by atoms with Crippen LogP contribution in [0.3, 0.4) is 0 Å². The maximum absolute atomic E-state index is 7.23. The summed E-state index contributed by atoms with van der Waals surface area (Å²) in [4.78, 5) is 10.8. The summed E-state index contributed by atoms with van der Waals surface area (Å²) in [5, 5.41) is 12.5. The van der Waals surface area contributed by atoms with Gasteiger partial charge in [-0.25, -0.2) is 9.98 Å². The molecule has 2 aliphatic carbocycles. The minimum Gasteiger partial charge on any atom is -0.456 e. The van der Waals surface area contributed by atoms with Crippen molar-refractivity contribution in [1.82, 2.24) is 16.0 Å². The molecule has 7 heteroatoms. The van der Waals surface area contributed by atoms with Crippen molar-refractivity contribution in [3.63, 3.8) is 0 Å². The highest BCUT2D eigenvalue weighted by Gasteiger charge is 2.52. The fraction of sp³-hybridized carbons (Fsp3) is 0.114. The van der Waals surface area contributed by atoms with Crippen molar-refractivity contribution >= 4 is 34.4 Å². The summed E-state index contributed by atoms with van der Waals surface area (Å²) < 4.78 is 14.0. The first-order chi connectivity index (χ1) is 37.9. The molecule has 0 saturated carbocycles. The molecule has 77 heavy (non-hydrogen) atoms.